The quantitative estimate of drug-likeness (QED) is 0.819. The number of hydrogen-bond donors (Lipinski definition) is 2. The second kappa shape index (κ2) is 6.71. The van der Waals surface area contributed by atoms with Crippen molar-refractivity contribution in [2.45, 2.75) is 37.8 Å². The second-order valence-corrected chi connectivity index (χ2v) is 6.84. The first-order valence-electron chi connectivity index (χ1n) is 7.07. The van der Waals surface area contributed by atoms with Gasteiger partial charge in [0.05, 0.1) is 17.6 Å². The summed E-state index contributed by atoms with van der Waals surface area (Å²) in [5.74, 6) is 0. The minimum absolute atomic E-state index is 0.00121. The molecule has 1 aliphatic heterocycles. The van der Waals surface area contributed by atoms with Crippen molar-refractivity contribution < 1.29 is 13.2 Å². The van der Waals surface area contributed by atoms with Crippen molar-refractivity contribution in [3.63, 3.8) is 0 Å². The Morgan fingerprint density at radius 2 is 2.30 bits per heavy atom. The standard InChI is InChI=1S/C13H23N3O3S/c1-3-12-10-16(5-6-19-12)20(17,18)13-7-11(15-9-13)8-14-4-2/h7,9,12,14-15H,3-6,8,10H2,1-2H3. The van der Waals surface area contributed by atoms with Gasteiger partial charge in [-0.3, -0.25) is 0 Å². The smallest absolute Gasteiger partial charge is 0.244 e. The number of nitrogens with one attached hydrogen (secondary N) is 2. The lowest BCUT2D eigenvalue weighted by molar-refractivity contribution is -0.00277. The molecule has 6 nitrogen and oxygen atoms in total. The summed E-state index contributed by atoms with van der Waals surface area (Å²) >= 11 is 0. The molecule has 1 aliphatic rings. The van der Waals surface area contributed by atoms with Gasteiger partial charge in [-0.05, 0) is 19.0 Å². The molecule has 0 spiro atoms. The number of aromatic nitrogens is 1. The predicted octanol–water partition coefficient (Wildman–Crippen LogP) is 0.924. The molecular formula is C13H23N3O3S. The zero-order valence-corrected chi connectivity index (χ0v) is 12.9. The third-order valence-electron chi connectivity index (χ3n) is 3.48. The summed E-state index contributed by atoms with van der Waals surface area (Å²) in [7, 11) is -3.41. The molecule has 2 heterocycles. The number of H-pyrrole nitrogens is 1. The average molecular weight is 301 g/mol. The van der Waals surface area contributed by atoms with Crippen molar-refractivity contribution >= 4 is 10.0 Å². The van der Waals surface area contributed by atoms with Crippen molar-refractivity contribution in [3.8, 4) is 0 Å². The summed E-state index contributed by atoms with van der Waals surface area (Å²) in [5.41, 5.74) is 0.880. The molecule has 2 N–H and O–H groups in total. The van der Waals surface area contributed by atoms with Crippen LogP contribution in [0.1, 0.15) is 26.0 Å². The van der Waals surface area contributed by atoms with Crippen LogP contribution >= 0.6 is 0 Å². The molecule has 1 unspecified atom stereocenters. The molecule has 7 heteroatoms. The second-order valence-electron chi connectivity index (χ2n) is 4.91. The van der Waals surface area contributed by atoms with E-state index in [4.69, 9.17) is 4.74 Å². The molecule has 0 radical (unpaired) electrons. The third-order valence-corrected chi connectivity index (χ3v) is 5.32. The van der Waals surface area contributed by atoms with Crippen LogP contribution in [0.15, 0.2) is 17.2 Å². The first-order chi connectivity index (χ1) is 9.57. The molecule has 1 aromatic rings. The highest BCUT2D eigenvalue weighted by Crippen LogP contribution is 2.20. The summed E-state index contributed by atoms with van der Waals surface area (Å²) < 4.78 is 32.2. The predicted molar refractivity (Wildman–Crippen MR) is 77.0 cm³/mol. The lowest BCUT2D eigenvalue weighted by atomic mass is 10.2. The molecular weight excluding hydrogens is 278 g/mol. The number of hydrogen-bond acceptors (Lipinski definition) is 4. The Morgan fingerprint density at radius 3 is 3.00 bits per heavy atom. The summed E-state index contributed by atoms with van der Waals surface area (Å²) in [5, 5.41) is 3.17. The topological polar surface area (TPSA) is 74.4 Å². The van der Waals surface area contributed by atoms with E-state index in [-0.39, 0.29) is 6.10 Å². The van der Waals surface area contributed by atoms with E-state index < -0.39 is 10.0 Å². The summed E-state index contributed by atoms with van der Waals surface area (Å²) in [6.07, 6.45) is 2.39. The van der Waals surface area contributed by atoms with E-state index in [0.717, 1.165) is 18.7 Å². The molecule has 1 atom stereocenters. The molecule has 1 aromatic heterocycles. The van der Waals surface area contributed by atoms with Gasteiger partial charge in [0.2, 0.25) is 10.0 Å². The zero-order valence-electron chi connectivity index (χ0n) is 12.1. The van der Waals surface area contributed by atoms with E-state index in [0.29, 0.717) is 31.1 Å². The van der Waals surface area contributed by atoms with Crippen LogP contribution in [0, 0.1) is 0 Å². The first kappa shape index (κ1) is 15.5. The minimum Gasteiger partial charge on any atom is -0.375 e. The van der Waals surface area contributed by atoms with Crippen molar-refractivity contribution in [2.24, 2.45) is 0 Å². The van der Waals surface area contributed by atoms with Gasteiger partial charge in [-0.1, -0.05) is 13.8 Å². The number of aromatic amines is 1. The van der Waals surface area contributed by atoms with Gasteiger partial charge >= 0.3 is 0 Å². The molecule has 0 amide bonds. The van der Waals surface area contributed by atoms with E-state index in [1.165, 1.54) is 4.31 Å². The number of nitrogens with zero attached hydrogens (tertiary/aromatic N) is 1. The van der Waals surface area contributed by atoms with Crippen LogP contribution in [0.5, 0.6) is 0 Å². The lowest BCUT2D eigenvalue weighted by Gasteiger charge is -2.31. The van der Waals surface area contributed by atoms with Gasteiger partial charge in [-0.25, -0.2) is 8.42 Å². The van der Waals surface area contributed by atoms with E-state index in [2.05, 4.69) is 10.3 Å². The fraction of sp³-hybridized carbons (Fsp3) is 0.692. The normalized spacial score (nSPS) is 21.2. The first-order valence-corrected chi connectivity index (χ1v) is 8.51. The maximum absolute atomic E-state index is 12.6. The van der Waals surface area contributed by atoms with Gasteiger partial charge in [0.25, 0.3) is 0 Å². The molecule has 1 saturated heterocycles. The van der Waals surface area contributed by atoms with E-state index in [1.807, 2.05) is 13.8 Å². The Kier molecular flexibility index (Phi) is 5.20. The van der Waals surface area contributed by atoms with Crippen molar-refractivity contribution in [1.29, 1.82) is 0 Å². The lowest BCUT2D eigenvalue weighted by Crippen LogP contribution is -2.45. The van der Waals surface area contributed by atoms with Crippen LogP contribution in [-0.2, 0) is 21.3 Å². The molecule has 0 aromatic carbocycles. The minimum atomic E-state index is -3.41. The molecule has 0 bridgehead atoms. The molecule has 0 aliphatic carbocycles. The van der Waals surface area contributed by atoms with Gasteiger partial charge in [-0.15, -0.1) is 0 Å². The maximum atomic E-state index is 12.6. The van der Waals surface area contributed by atoms with Crippen molar-refractivity contribution in [2.75, 3.05) is 26.2 Å². The van der Waals surface area contributed by atoms with Crippen LogP contribution in [0.3, 0.4) is 0 Å². The van der Waals surface area contributed by atoms with Crippen LogP contribution in [0.25, 0.3) is 0 Å². The number of rotatable bonds is 6. The highest BCUT2D eigenvalue weighted by Gasteiger charge is 2.30. The molecule has 114 valence electrons. The van der Waals surface area contributed by atoms with Gasteiger partial charge in [0.1, 0.15) is 0 Å². The third kappa shape index (κ3) is 3.41. The van der Waals surface area contributed by atoms with Gasteiger partial charge in [-0.2, -0.15) is 4.31 Å². The van der Waals surface area contributed by atoms with Crippen LogP contribution in [-0.4, -0.2) is 50.1 Å². The largest absolute Gasteiger partial charge is 0.375 e. The molecule has 0 saturated carbocycles. The highest BCUT2D eigenvalue weighted by atomic mass is 32.2. The fourth-order valence-electron chi connectivity index (χ4n) is 2.24. The maximum Gasteiger partial charge on any atom is 0.244 e. The van der Waals surface area contributed by atoms with Crippen LogP contribution < -0.4 is 5.32 Å². The number of morpholine rings is 1. The SMILES string of the molecule is CCNCc1cc(S(=O)(=O)N2CCOC(CC)C2)c[nH]1. The van der Waals surface area contributed by atoms with Crippen molar-refractivity contribution in [1.82, 2.24) is 14.6 Å². The Morgan fingerprint density at radius 1 is 1.50 bits per heavy atom. The molecule has 1 fully saturated rings. The van der Waals surface area contributed by atoms with E-state index in [9.17, 15) is 8.42 Å². The number of sulfonamides is 1. The average Bonchev–Trinajstić information content (AvgIpc) is 2.94. The van der Waals surface area contributed by atoms with Gasteiger partial charge in [0.15, 0.2) is 0 Å². The Balaban J connectivity index is 2.11. The Labute approximate surface area is 120 Å². The monoisotopic (exact) mass is 301 g/mol. The molecule has 2 rings (SSSR count). The highest BCUT2D eigenvalue weighted by molar-refractivity contribution is 7.89. The van der Waals surface area contributed by atoms with E-state index >= 15 is 0 Å². The number of ether oxygens (including phenoxy) is 1. The van der Waals surface area contributed by atoms with E-state index in [1.54, 1.807) is 12.3 Å². The summed E-state index contributed by atoms with van der Waals surface area (Å²) in [6.45, 7) is 6.84. The van der Waals surface area contributed by atoms with Crippen LogP contribution in [0.2, 0.25) is 0 Å². The summed E-state index contributed by atoms with van der Waals surface area (Å²) in [6, 6.07) is 1.70. The zero-order chi connectivity index (χ0) is 14.6. The van der Waals surface area contributed by atoms with Gasteiger partial charge < -0.3 is 15.0 Å². The fourth-order valence-corrected chi connectivity index (χ4v) is 3.71. The van der Waals surface area contributed by atoms with Gasteiger partial charge in [0, 0.05) is 31.5 Å². The van der Waals surface area contributed by atoms with Crippen LogP contribution in [0.4, 0.5) is 0 Å². The molecule has 20 heavy (non-hydrogen) atoms. The van der Waals surface area contributed by atoms with Crippen molar-refractivity contribution in [3.05, 3.63) is 18.0 Å². The summed E-state index contributed by atoms with van der Waals surface area (Å²) in [4.78, 5) is 3.35. The Hall–Kier alpha value is -0.890. The Bertz CT molecular complexity index is 527.